The van der Waals surface area contributed by atoms with Crippen LogP contribution in [0.15, 0.2) is 24.3 Å². The highest BCUT2D eigenvalue weighted by Gasteiger charge is 2.56. The highest BCUT2D eigenvalue weighted by molar-refractivity contribution is 5.86. The second-order valence-corrected chi connectivity index (χ2v) is 11.6. The van der Waals surface area contributed by atoms with Gasteiger partial charge in [-0.05, 0) is 61.6 Å². The third-order valence-corrected chi connectivity index (χ3v) is 9.36. The molecule has 2 bridgehead atoms. The lowest BCUT2D eigenvalue weighted by Gasteiger charge is -2.43. The molecule has 186 valence electrons. The normalized spacial score (nSPS) is 34.1. The van der Waals surface area contributed by atoms with Crippen molar-refractivity contribution < 1.29 is 14.0 Å². The zero-order valence-corrected chi connectivity index (χ0v) is 20.5. The zero-order valence-electron chi connectivity index (χ0n) is 20.5. The Hall–Kier alpha value is -2.46. The first-order valence-electron chi connectivity index (χ1n) is 13.5. The molecular formula is C28H35FN4O2. The van der Waals surface area contributed by atoms with E-state index in [1.54, 1.807) is 0 Å². The van der Waals surface area contributed by atoms with Crippen molar-refractivity contribution in [2.24, 2.45) is 17.8 Å². The Bertz CT molecular complexity index is 1030. The molecule has 5 aliphatic rings. The van der Waals surface area contributed by atoms with Gasteiger partial charge in [-0.25, -0.2) is 4.39 Å². The fraction of sp³-hybridized carbons (Fsp3) is 0.679. The van der Waals surface area contributed by atoms with Crippen LogP contribution in [0.1, 0.15) is 69.9 Å². The van der Waals surface area contributed by atoms with E-state index in [9.17, 15) is 19.2 Å². The number of benzene rings is 1. The Balaban J connectivity index is 1.16. The number of carbonyl (C=O) groups excluding carboxylic acids is 2. The van der Waals surface area contributed by atoms with E-state index in [0.717, 1.165) is 44.2 Å². The summed E-state index contributed by atoms with van der Waals surface area (Å²) < 4.78 is 13.7. The molecule has 0 N–H and O–H groups in total. The van der Waals surface area contributed by atoms with Crippen LogP contribution in [0.4, 0.5) is 4.39 Å². The monoisotopic (exact) mass is 478 g/mol. The van der Waals surface area contributed by atoms with Gasteiger partial charge in [0.1, 0.15) is 11.9 Å². The summed E-state index contributed by atoms with van der Waals surface area (Å²) >= 11 is 0. The molecule has 1 unspecified atom stereocenters. The van der Waals surface area contributed by atoms with Crippen molar-refractivity contribution in [1.29, 1.82) is 5.26 Å². The van der Waals surface area contributed by atoms with Gasteiger partial charge < -0.3 is 9.80 Å². The molecule has 2 saturated carbocycles. The summed E-state index contributed by atoms with van der Waals surface area (Å²) in [5.41, 5.74) is 1.05. The Kier molecular flexibility index (Phi) is 5.83. The second-order valence-electron chi connectivity index (χ2n) is 11.6. The number of hydrogen-bond donors (Lipinski definition) is 0. The highest BCUT2D eigenvalue weighted by Crippen LogP contribution is 2.49. The number of nitriles is 1. The Labute approximate surface area is 207 Å². The van der Waals surface area contributed by atoms with Crippen molar-refractivity contribution in [2.75, 3.05) is 13.1 Å². The van der Waals surface area contributed by atoms with E-state index in [4.69, 9.17) is 0 Å². The standard InChI is InChI=1S/C28H35FN4O2/c1-17(27(34)32-22(14-30)11-20-12-24(20)32)15-31-16-23-13-25(31)28(35)33(23)26(18-5-3-2-4-6-18)19-7-9-21(29)10-8-19/h7-10,17-18,20,22-26H,2-6,11-13,15-16H2,1H3/t17-,20+,22-,23-,24?,25-,26+/m0/s1. The summed E-state index contributed by atoms with van der Waals surface area (Å²) in [6, 6.07) is 9.00. The van der Waals surface area contributed by atoms with E-state index in [-0.39, 0.29) is 53.8 Å². The van der Waals surface area contributed by atoms with Crippen LogP contribution in [0.5, 0.6) is 0 Å². The van der Waals surface area contributed by atoms with Gasteiger partial charge in [-0.3, -0.25) is 14.5 Å². The van der Waals surface area contributed by atoms with E-state index in [0.29, 0.717) is 18.4 Å². The first-order valence-corrected chi connectivity index (χ1v) is 13.5. The second kappa shape index (κ2) is 8.89. The number of halogens is 1. The molecule has 6 nitrogen and oxygen atoms in total. The number of nitrogens with zero attached hydrogens (tertiary/aromatic N) is 4. The van der Waals surface area contributed by atoms with Crippen LogP contribution in [-0.4, -0.2) is 63.8 Å². The van der Waals surface area contributed by atoms with Crippen molar-refractivity contribution in [2.45, 2.75) is 88.5 Å². The Morgan fingerprint density at radius 1 is 1.14 bits per heavy atom. The summed E-state index contributed by atoms with van der Waals surface area (Å²) in [5, 5.41) is 9.48. The highest BCUT2D eigenvalue weighted by atomic mass is 19.1. The smallest absolute Gasteiger partial charge is 0.240 e. The van der Waals surface area contributed by atoms with Gasteiger partial charge in [-0.15, -0.1) is 0 Å². The molecule has 7 atom stereocenters. The summed E-state index contributed by atoms with van der Waals surface area (Å²) in [6.07, 6.45) is 8.49. The van der Waals surface area contributed by atoms with Crippen LogP contribution in [0.25, 0.3) is 0 Å². The number of fused-ring (bicyclic) bond motifs is 3. The van der Waals surface area contributed by atoms with Crippen LogP contribution in [-0.2, 0) is 9.59 Å². The molecule has 3 saturated heterocycles. The quantitative estimate of drug-likeness (QED) is 0.622. The molecule has 0 spiro atoms. The van der Waals surface area contributed by atoms with Crippen molar-refractivity contribution >= 4 is 11.8 Å². The minimum Gasteiger partial charge on any atom is -0.330 e. The molecule has 2 amide bonds. The number of hydrogen-bond acceptors (Lipinski definition) is 4. The third kappa shape index (κ3) is 3.94. The molecule has 3 aliphatic heterocycles. The van der Waals surface area contributed by atoms with Gasteiger partial charge in [0.2, 0.25) is 11.8 Å². The number of rotatable bonds is 6. The average Bonchev–Trinajstić information content (AvgIpc) is 3.19. The largest absolute Gasteiger partial charge is 0.330 e. The van der Waals surface area contributed by atoms with Gasteiger partial charge >= 0.3 is 0 Å². The molecule has 2 aliphatic carbocycles. The van der Waals surface area contributed by atoms with Crippen LogP contribution < -0.4 is 0 Å². The van der Waals surface area contributed by atoms with Gasteiger partial charge in [0.05, 0.1) is 18.2 Å². The van der Waals surface area contributed by atoms with Crippen molar-refractivity contribution in [3.05, 3.63) is 35.6 Å². The topological polar surface area (TPSA) is 67.7 Å². The molecule has 1 aromatic rings. The maximum Gasteiger partial charge on any atom is 0.240 e. The van der Waals surface area contributed by atoms with Crippen molar-refractivity contribution in [3.63, 3.8) is 0 Å². The molecule has 6 rings (SSSR count). The Morgan fingerprint density at radius 2 is 1.89 bits per heavy atom. The van der Waals surface area contributed by atoms with Crippen LogP contribution in [0.3, 0.4) is 0 Å². The van der Waals surface area contributed by atoms with E-state index in [1.807, 2.05) is 24.0 Å². The van der Waals surface area contributed by atoms with Crippen LogP contribution >= 0.6 is 0 Å². The number of amides is 2. The molecule has 1 aromatic carbocycles. The number of piperidine rings is 1. The molecule has 0 aromatic heterocycles. The van der Waals surface area contributed by atoms with Gasteiger partial charge in [-0.2, -0.15) is 5.26 Å². The molecule has 35 heavy (non-hydrogen) atoms. The maximum atomic E-state index is 13.7. The summed E-state index contributed by atoms with van der Waals surface area (Å²) in [7, 11) is 0. The average molecular weight is 479 g/mol. The fourth-order valence-electron chi connectivity index (χ4n) is 7.60. The van der Waals surface area contributed by atoms with E-state index in [2.05, 4.69) is 15.9 Å². The lowest BCUT2D eigenvalue weighted by molar-refractivity contribution is -0.144. The predicted octanol–water partition coefficient (Wildman–Crippen LogP) is 3.88. The SMILES string of the molecule is C[C@@H](CN1C[C@@H]2C[C@H]1C(=O)N2[C@@H](c1ccc(F)cc1)C1CCCCC1)C(=O)N1C2C[C@H]2C[C@H]1C#N. The minimum absolute atomic E-state index is 0.00684. The molecule has 0 radical (unpaired) electrons. The molecule has 7 heteroatoms. The molecular weight excluding hydrogens is 443 g/mol. The minimum atomic E-state index is -0.284. The lowest BCUT2D eigenvalue weighted by Crippen LogP contribution is -2.54. The van der Waals surface area contributed by atoms with Gasteiger partial charge in [0.15, 0.2) is 0 Å². The van der Waals surface area contributed by atoms with E-state index in [1.165, 1.54) is 31.4 Å². The van der Waals surface area contributed by atoms with Gasteiger partial charge in [-0.1, -0.05) is 38.3 Å². The predicted molar refractivity (Wildman–Crippen MR) is 128 cm³/mol. The first-order chi connectivity index (χ1) is 17.0. The zero-order chi connectivity index (χ0) is 24.3. The number of carbonyl (C=O) groups is 2. The fourth-order valence-corrected chi connectivity index (χ4v) is 7.60. The van der Waals surface area contributed by atoms with Gasteiger partial charge in [0.25, 0.3) is 0 Å². The number of piperazine rings is 1. The summed E-state index contributed by atoms with van der Waals surface area (Å²) in [5.74, 6) is 0.688. The maximum absolute atomic E-state index is 13.7. The van der Waals surface area contributed by atoms with Crippen LogP contribution in [0.2, 0.25) is 0 Å². The third-order valence-electron chi connectivity index (χ3n) is 9.36. The molecule has 3 heterocycles. The van der Waals surface area contributed by atoms with E-state index < -0.39 is 0 Å². The van der Waals surface area contributed by atoms with Crippen molar-refractivity contribution in [3.8, 4) is 6.07 Å². The Morgan fingerprint density at radius 3 is 2.57 bits per heavy atom. The molecule has 5 fully saturated rings. The lowest BCUT2D eigenvalue weighted by atomic mass is 9.80. The van der Waals surface area contributed by atoms with Gasteiger partial charge in [0, 0.05) is 31.1 Å². The summed E-state index contributed by atoms with van der Waals surface area (Å²) in [4.78, 5) is 33.1. The number of likely N-dealkylation sites (tertiary alicyclic amines) is 3. The van der Waals surface area contributed by atoms with E-state index >= 15 is 0 Å². The van der Waals surface area contributed by atoms with Crippen LogP contribution in [0, 0.1) is 34.9 Å². The first kappa shape index (κ1) is 23.0. The van der Waals surface area contributed by atoms with Crippen molar-refractivity contribution in [1.82, 2.24) is 14.7 Å². The summed E-state index contributed by atoms with van der Waals surface area (Å²) in [6.45, 7) is 3.30.